The number of imidazole rings is 1. The Kier molecular flexibility index (Phi) is 5.25. The summed E-state index contributed by atoms with van der Waals surface area (Å²) in [7, 11) is 0. The molecule has 0 aliphatic heterocycles. The summed E-state index contributed by atoms with van der Waals surface area (Å²) in [5.41, 5.74) is 9.82. The minimum Gasteiger partial charge on any atom is -0.470 e. The molecule has 3 aromatic heterocycles. The van der Waals surface area contributed by atoms with Gasteiger partial charge in [-0.15, -0.1) is 0 Å². The summed E-state index contributed by atoms with van der Waals surface area (Å²) in [4.78, 5) is 29.4. The monoisotopic (exact) mass is 462 g/mol. The third-order valence-corrected chi connectivity index (χ3v) is 6.06. The van der Waals surface area contributed by atoms with Crippen LogP contribution in [0.15, 0.2) is 42.9 Å². The van der Waals surface area contributed by atoms with Gasteiger partial charge in [0.15, 0.2) is 11.2 Å². The second-order valence-corrected chi connectivity index (χ2v) is 9.09. The number of hydrogen-bond donors (Lipinski definition) is 1. The number of hydrogen-bond acceptors (Lipinski definition) is 6. The van der Waals surface area contributed by atoms with Crippen molar-refractivity contribution in [2.45, 2.75) is 45.3 Å². The molecule has 1 fully saturated rings. The zero-order chi connectivity index (χ0) is 23.2. The fourth-order valence-corrected chi connectivity index (χ4v) is 4.08. The van der Waals surface area contributed by atoms with E-state index < -0.39 is 5.91 Å². The first-order chi connectivity index (χ1) is 15.8. The fraction of sp³-hybridized carbons (Fsp3) is 0.292. The topological polar surface area (TPSA) is 109 Å². The summed E-state index contributed by atoms with van der Waals surface area (Å²) in [6.45, 7) is 4.53. The van der Waals surface area contributed by atoms with Crippen LogP contribution in [0.4, 0.5) is 0 Å². The van der Waals surface area contributed by atoms with E-state index in [0.29, 0.717) is 34.4 Å². The minimum absolute atomic E-state index is 0.120. The van der Waals surface area contributed by atoms with Crippen LogP contribution in [0.25, 0.3) is 22.6 Å². The molecule has 3 heterocycles. The molecule has 1 aliphatic rings. The quantitative estimate of drug-likeness (QED) is 0.446. The number of carbonyl (C=O) groups is 1. The maximum atomic E-state index is 11.3. The first kappa shape index (κ1) is 21.3. The lowest BCUT2D eigenvalue weighted by Crippen LogP contribution is -2.13. The highest BCUT2D eigenvalue weighted by molar-refractivity contribution is 6.33. The van der Waals surface area contributed by atoms with E-state index in [9.17, 15) is 4.79 Å². The van der Waals surface area contributed by atoms with E-state index >= 15 is 0 Å². The minimum atomic E-state index is -0.412. The van der Waals surface area contributed by atoms with Gasteiger partial charge in [-0.3, -0.25) is 9.78 Å². The van der Waals surface area contributed by atoms with Crippen LogP contribution in [0, 0.1) is 6.92 Å². The van der Waals surface area contributed by atoms with E-state index in [0.717, 1.165) is 35.2 Å². The van der Waals surface area contributed by atoms with Crippen LogP contribution in [0.5, 0.6) is 5.88 Å². The molecule has 5 rings (SSSR count). The summed E-state index contributed by atoms with van der Waals surface area (Å²) in [6.07, 6.45) is 5.37. The molecule has 1 saturated carbocycles. The van der Waals surface area contributed by atoms with E-state index in [1.807, 2.05) is 35.8 Å². The van der Waals surface area contributed by atoms with Gasteiger partial charge in [0.2, 0.25) is 11.8 Å². The summed E-state index contributed by atoms with van der Waals surface area (Å²) < 4.78 is 8.17. The first-order valence-electron chi connectivity index (χ1n) is 10.7. The largest absolute Gasteiger partial charge is 0.470 e. The normalized spacial score (nSPS) is 14.4. The van der Waals surface area contributed by atoms with Crippen molar-refractivity contribution in [3.8, 4) is 17.3 Å². The molecule has 4 aromatic rings. The van der Waals surface area contributed by atoms with Gasteiger partial charge < -0.3 is 15.0 Å². The van der Waals surface area contributed by atoms with Crippen molar-refractivity contribution < 1.29 is 9.53 Å². The van der Waals surface area contributed by atoms with E-state index in [1.165, 1.54) is 6.33 Å². The number of carbonyl (C=O) groups excluding carboxylic acids is 1. The summed E-state index contributed by atoms with van der Waals surface area (Å²) in [6, 6.07) is 9.42. The Labute approximate surface area is 195 Å². The van der Waals surface area contributed by atoms with Gasteiger partial charge in [-0.25, -0.2) is 9.97 Å². The molecular weight excluding hydrogens is 440 g/mol. The molecule has 0 saturated heterocycles. The van der Waals surface area contributed by atoms with Crippen molar-refractivity contribution in [3.05, 3.63) is 64.7 Å². The van der Waals surface area contributed by atoms with Crippen molar-refractivity contribution in [1.29, 1.82) is 0 Å². The van der Waals surface area contributed by atoms with Crippen LogP contribution < -0.4 is 10.5 Å². The van der Waals surface area contributed by atoms with Crippen LogP contribution in [-0.2, 0) is 17.8 Å². The number of primary amides is 1. The number of halogens is 1. The predicted molar refractivity (Wildman–Crippen MR) is 125 cm³/mol. The Morgan fingerprint density at radius 2 is 2.00 bits per heavy atom. The number of amides is 1. The lowest BCUT2D eigenvalue weighted by atomic mass is 10.1. The number of pyridine rings is 1. The molecule has 1 aromatic carbocycles. The van der Waals surface area contributed by atoms with Crippen molar-refractivity contribution in [1.82, 2.24) is 24.5 Å². The number of aromatic nitrogens is 5. The van der Waals surface area contributed by atoms with Crippen LogP contribution in [0.1, 0.15) is 36.6 Å². The van der Waals surface area contributed by atoms with Gasteiger partial charge in [0.05, 0.1) is 18.0 Å². The Morgan fingerprint density at radius 3 is 2.70 bits per heavy atom. The molecule has 9 heteroatoms. The number of nitrogens with zero attached hydrogens (tertiary/aromatic N) is 5. The average Bonchev–Trinajstić information content (AvgIpc) is 3.37. The molecule has 33 heavy (non-hydrogen) atoms. The van der Waals surface area contributed by atoms with Gasteiger partial charge >= 0.3 is 0 Å². The van der Waals surface area contributed by atoms with Crippen LogP contribution in [-0.4, -0.2) is 36.0 Å². The maximum Gasteiger partial charge on any atom is 0.245 e. The molecule has 1 amide bonds. The third-order valence-electron chi connectivity index (χ3n) is 5.75. The molecule has 0 spiro atoms. The Hall–Kier alpha value is -3.52. The summed E-state index contributed by atoms with van der Waals surface area (Å²) in [5.74, 6) is 0.693. The lowest BCUT2D eigenvalue weighted by molar-refractivity contribution is -0.117. The number of aryl methyl sites for hydroxylation is 1. The molecule has 8 nitrogen and oxygen atoms in total. The first-order valence-corrected chi connectivity index (χ1v) is 11.1. The highest BCUT2D eigenvalue weighted by Crippen LogP contribution is 2.41. The highest BCUT2D eigenvalue weighted by Gasteiger charge is 2.41. The van der Waals surface area contributed by atoms with Gasteiger partial charge in [-0.2, -0.15) is 4.98 Å². The zero-order valence-corrected chi connectivity index (χ0v) is 19.1. The SMILES string of the molecule is Cc1cc(Cn2c(-c3ccc(CC(N)=O)cc3Cl)nc3c(OC4(C)CC4)ncnc32)ccn1. The van der Waals surface area contributed by atoms with E-state index in [4.69, 9.17) is 27.1 Å². The average molecular weight is 463 g/mol. The smallest absolute Gasteiger partial charge is 0.245 e. The van der Waals surface area contributed by atoms with Crippen molar-refractivity contribution >= 4 is 28.7 Å². The Bertz CT molecular complexity index is 1380. The molecule has 0 atom stereocenters. The molecule has 0 bridgehead atoms. The second kappa shape index (κ2) is 8.12. The predicted octanol–water partition coefficient (Wildman–Crippen LogP) is 3.86. The van der Waals surface area contributed by atoms with Gasteiger partial charge in [0, 0.05) is 17.5 Å². The third kappa shape index (κ3) is 4.39. The Balaban J connectivity index is 1.66. The number of benzene rings is 1. The van der Waals surface area contributed by atoms with Crippen molar-refractivity contribution in [3.63, 3.8) is 0 Å². The van der Waals surface area contributed by atoms with Crippen molar-refractivity contribution in [2.24, 2.45) is 5.73 Å². The number of ether oxygens (including phenoxy) is 1. The molecular formula is C24H23ClN6O2. The molecule has 2 N–H and O–H groups in total. The van der Waals surface area contributed by atoms with Crippen molar-refractivity contribution in [2.75, 3.05) is 0 Å². The van der Waals surface area contributed by atoms with Gasteiger partial charge in [-0.1, -0.05) is 17.7 Å². The van der Waals surface area contributed by atoms with Crippen LogP contribution in [0.2, 0.25) is 5.02 Å². The number of rotatable bonds is 7. The van der Waals surface area contributed by atoms with E-state index in [2.05, 4.69) is 21.9 Å². The molecule has 1 aliphatic carbocycles. The summed E-state index contributed by atoms with van der Waals surface area (Å²) in [5, 5.41) is 0.473. The highest BCUT2D eigenvalue weighted by atomic mass is 35.5. The zero-order valence-electron chi connectivity index (χ0n) is 18.4. The van der Waals surface area contributed by atoms with Gasteiger partial charge in [0.25, 0.3) is 0 Å². The summed E-state index contributed by atoms with van der Waals surface area (Å²) >= 11 is 6.65. The number of nitrogens with two attached hydrogens (primary N) is 1. The standard InChI is InChI=1S/C24H23ClN6O2/c1-14-9-16(5-8-27-14)12-31-21(17-4-3-15(10-18(17)25)11-19(26)32)30-20-22(31)28-13-29-23(20)33-24(2)6-7-24/h3-5,8-10,13H,6-7,11-12H2,1-2H3,(H2,26,32). The van der Waals surface area contributed by atoms with E-state index in [1.54, 1.807) is 12.3 Å². The van der Waals surface area contributed by atoms with Crippen LogP contribution in [0.3, 0.4) is 0 Å². The lowest BCUT2D eigenvalue weighted by Gasteiger charge is -2.12. The Morgan fingerprint density at radius 1 is 1.18 bits per heavy atom. The molecule has 0 unspecified atom stereocenters. The van der Waals surface area contributed by atoms with Gasteiger partial charge in [0.1, 0.15) is 17.8 Å². The second-order valence-electron chi connectivity index (χ2n) is 8.69. The molecule has 0 radical (unpaired) electrons. The molecule has 168 valence electrons. The van der Waals surface area contributed by atoms with Gasteiger partial charge in [-0.05, 0) is 62.1 Å². The van der Waals surface area contributed by atoms with Crippen LogP contribution >= 0.6 is 11.6 Å². The number of fused-ring (bicyclic) bond motifs is 1. The van der Waals surface area contributed by atoms with E-state index in [-0.39, 0.29) is 12.0 Å². The fourth-order valence-electron chi connectivity index (χ4n) is 3.79. The maximum absolute atomic E-state index is 11.3.